The molecular weight excluding hydrogens is 335 g/mol. The average molecular weight is 349 g/mol. The van der Waals surface area contributed by atoms with Crippen molar-refractivity contribution in [1.29, 1.82) is 5.26 Å². The number of nitriles is 1. The monoisotopic (exact) mass is 348 g/mol. The van der Waals surface area contributed by atoms with Gasteiger partial charge < -0.3 is 4.98 Å². The van der Waals surface area contributed by atoms with Gasteiger partial charge in [-0.25, -0.2) is 0 Å². The number of nitrogens with zero attached hydrogens (tertiary/aromatic N) is 1. The number of aromatic amines is 1. The van der Waals surface area contributed by atoms with Crippen LogP contribution in [0.4, 0.5) is 0 Å². The summed E-state index contributed by atoms with van der Waals surface area (Å²) in [5.41, 5.74) is 4.53. The van der Waals surface area contributed by atoms with Gasteiger partial charge in [-0.15, -0.1) is 0 Å². The molecule has 0 saturated carbocycles. The Hall–Kier alpha value is -1.34. The standard InChI is InChI=1S/C17H14Cl2N2S/c18-10-6-7-11(14(19)8-10)16-12-4-2-1-3-5-15(12)21-17(22)13(16)9-20/h6-8H,1-5H2,(H,21,22). The van der Waals surface area contributed by atoms with Gasteiger partial charge in [0.25, 0.3) is 0 Å². The Bertz CT molecular complexity index is 834. The van der Waals surface area contributed by atoms with Gasteiger partial charge in [0, 0.05) is 26.9 Å². The normalized spacial score (nSPS) is 14.0. The minimum atomic E-state index is 0.490. The summed E-state index contributed by atoms with van der Waals surface area (Å²) in [6, 6.07) is 7.63. The first-order valence-electron chi connectivity index (χ1n) is 7.25. The third kappa shape index (κ3) is 2.79. The zero-order valence-electron chi connectivity index (χ0n) is 11.9. The Morgan fingerprint density at radius 3 is 2.64 bits per heavy atom. The van der Waals surface area contributed by atoms with E-state index in [0.717, 1.165) is 42.5 Å². The SMILES string of the molecule is N#Cc1c(-c2ccc(Cl)cc2Cl)c2c([nH]c1=S)CCCCC2. The van der Waals surface area contributed by atoms with Gasteiger partial charge in [-0.2, -0.15) is 5.26 Å². The van der Waals surface area contributed by atoms with Crippen molar-refractivity contribution in [3.8, 4) is 17.2 Å². The third-order valence-corrected chi connectivity index (χ3v) is 4.93. The molecule has 0 bridgehead atoms. The second-order valence-corrected chi connectivity index (χ2v) is 6.71. The van der Waals surface area contributed by atoms with Crippen LogP contribution in [0.2, 0.25) is 10.0 Å². The summed E-state index contributed by atoms with van der Waals surface area (Å²) in [6.07, 6.45) is 5.33. The summed E-state index contributed by atoms with van der Waals surface area (Å²) in [5, 5.41) is 10.7. The molecule has 1 aliphatic carbocycles. The highest BCUT2D eigenvalue weighted by atomic mass is 35.5. The Morgan fingerprint density at radius 1 is 1.14 bits per heavy atom. The van der Waals surface area contributed by atoms with Crippen molar-refractivity contribution in [3.63, 3.8) is 0 Å². The predicted octanol–water partition coefficient (Wildman–Crippen LogP) is 5.86. The number of H-pyrrole nitrogens is 1. The van der Waals surface area contributed by atoms with E-state index in [1.165, 1.54) is 12.0 Å². The highest BCUT2D eigenvalue weighted by Gasteiger charge is 2.20. The fourth-order valence-corrected chi connectivity index (χ4v) is 3.83. The van der Waals surface area contributed by atoms with Crippen LogP contribution >= 0.6 is 35.4 Å². The van der Waals surface area contributed by atoms with Crippen LogP contribution < -0.4 is 0 Å². The van der Waals surface area contributed by atoms with Crippen LogP contribution in [0.15, 0.2) is 18.2 Å². The zero-order valence-corrected chi connectivity index (χ0v) is 14.2. The van der Waals surface area contributed by atoms with E-state index in [9.17, 15) is 5.26 Å². The largest absolute Gasteiger partial charge is 0.349 e. The maximum Gasteiger partial charge on any atom is 0.122 e. The van der Waals surface area contributed by atoms with Crippen LogP contribution in [0.5, 0.6) is 0 Å². The number of hydrogen-bond donors (Lipinski definition) is 1. The predicted molar refractivity (Wildman–Crippen MR) is 93.1 cm³/mol. The molecule has 0 spiro atoms. The van der Waals surface area contributed by atoms with Crippen molar-refractivity contribution in [2.24, 2.45) is 0 Å². The first kappa shape index (κ1) is 15.6. The number of pyridine rings is 1. The van der Waals surface area contributed by atoms with Gasteiger partial charge in [0.1, 0.15) is 10.7 Å². The molecule has 0 radical (unpaired) electrons. The number of aromatic nitrogens is 1. The maximum atomic E-state index is 9.57. The van der Waals surface area contributed by atoms with Crippen molar-refractivity contribution in [2.75, 3.05) is 0 Å². The molecule has 1 aromatic carbocycles. The molecule has 1 N–H and O–H groups in total. The lowest BCUT2D eigenvalue weighted by Crippen LogP contribution is -2.03. The minimum absolute atomic E-state index is 0.490. The minimum Gasteiger partial charge on any atom is -0.349 e. The molecule has 2 aromatic rings. The molecule has 0 unspecified atom stereocenters. The second-order valence-electron chi connectivity index (χ2n) is 5.46. The number of halogens is 2. The fraction of sp³-hybridized carbons (Fsp3) is 0.294. The Kier molecular flexibility index (Phi) is 4.54. The Balaban J connectivity index is 2.36. The average Bonchev–Trinajstić information content (AvgIpc) is 2.71. The van der Waals surface area contributed by atoms with E-state index in [1.54, 1.807) is 12.1 Å². The summed E-state index contributed by atoms with van der Waals surface area (Å²) < 4.78 is 0.490. The highest BCUT2D eigenvalue weighted by Crippen LogP contribution is 2.38. The molecular formula is C17H14Cl2N2S. The molecule has 5 heteroatoms. The molecule has 0 saturated heterocycles. The molecule has 1 heterocycles. The zero-order chi connectivity index (χ0) is 15.7. The highest BCUT2D eigenvalue weighted by molar-refractivity contribution is 7.71. The van der Waals surface area contributed by atoms with E-state index in [1.807, 2.05) is 6.07 Å². The maximum absolute atomic E-state index is 9.57. The summed E-state index contributed by atoms with van der Waals surface area (Å²) in [4.78, 5) is 3.25. The van der Waals surface area contributed by atoms with E-state index in [0.29, 0.717) is 20.2 Å². The van der Waals surface area contributed by atoms with Gasteiger partial charge in [0.15, 0.2) is 0 Å². The number of rotatable bonds is 1. The van der Waals surface area contributed by atoms with Crippen LogP contribution in [-0.2, 0) is 12.8 Å². The number of nitrogens with one attached hydrogen (secondary N) is 1. The van der Waals surface area contributed by atoms with Gasteiger partial charge in [0.2, 0.25) is 0 Å². The number of benzene rings is 1. The molecule has 0 aliphatic heterocycles. The van der Waals surface area contributed by atoms with Gasteiger partial charge >= 0.3 is 0 Å². The molecule has 0 amide bonds. The third-order valence-electron chi connectivity index (χ3n) is 4.07. The lowest BCUT2D eigenvalue weighted by Gasteiger charge is -2.16. The van der Waals surface area contributed by atoms with E-state index in [2.05, 4.69) is 11.1 Å². The molecule has 0 fully saturated rings. The smallest absolute Gasteiger partial charge is 0.122 e. The first-order valence-corrected chi connectivity index (χ1v) is 8.42. The van der Waals surface area contributed by atoms with Crippen LogP contribution in [0.1, 0.15) is 36.1 Å². The summed E-state index contributed by atoms with van der Waals surface area (Å²) in [7, 11) is 0. The van der Waals surface area contributed by atoms with Crippen LogP contribution in [0, 0.1) is 16.0 Å². The Morgan fingerprint density at radius 2 is 1.91 bits per heavy atom. The van der Waals surface area contributed by atoms with Crippen LogP contribution in [0.3, 0.4) is 0 Å². The molecule has 22 heavy (non-hydrogen) atoms. The summed E-state index contributed by atoms with van der Waals surface area (Å²) in [6.45, 7) is 0. The van der Waals surface area contributed by atoms with Gasteiger partial charge in [-0.05, 0) is 43.4 Å². The van der Waals surface area contributed by atoms with E-state index >= 15 is 0 Å². The van der Waals surface area contributed by atoms with E-state index in [-0.39, 0.29) is 0 Å². The molecule has 1 aromatic heterocycles. The van der Waals surface area contributed by atoms with Crippen LogP contribution in [-0.4, -0.2) is 4.98 Å². The molecule has 0 atom stereocenters. The van der Waals surface area contributed by atoms with Crippen LogP contribution in [0.25, 0.3) is 11.1 Å². The quantitative estimate of drug-likeness (QED) is 0.517. The van der Waals surface area contributed by atoms with Crippen molar-refractivity contribution in [1.82, 2.24) is 4.98 Å². The molecule has 2 nitrogen and oxygen atoms in total. The topological polar surface area (TPSA) is 39.6 Å². The van der Waals surface area contributed by atoms with Gasteiger partial charge in [-0.1, -0.05) is 47.9 Å². The lowest BCUT2D eigenvalue weighted by atomic mass is 9.92. The lowest BCUT2D eigenvalue weighted by molar-refractivity contribution is 0.708. The van der Waals surface area contributed by atoms with Crippen molar-refractivity contribution < 1.29 is 0 Å². The van der Waals surface area contributed by atoms with E-state index in [4.69, 9.17) is 35.4 Å². The van der Waals surface area contributed by atoms with Gasteiger partial charge in [-0.3, -0.25) is 0 Å². The van der Waals surface area contributed by atoms with Crippen molar-refractivity contribution in [2.45, 2.75) is 32.1 Å². The van der Waals surface area contributed by atoms with E-state index < -0.39 is 0 Å². The Labute approximate surface area is 144 Å². The first-order chi connectivity index (χ1) is 10.6. The second kappa shape index (κ2) is 6.42. The molecule has 3 rings (SSSR count). The van der Waals surface area contributed by atoms with Gasteiger partial charge in [0.05, 0.1) is 5.56 Å². The molecule has 1 aliphatic rings. The number of fused-ring (bicyclic) bond motifs is 1. The number of aryl methyl sites for hydroxylation is 1. The fourth-order valence-electron chi connectivity index (χ4n) is 3.06. The van der Waals surface area contributed by atoms with Crippen molar-refractivity contribution >= 4 is 35.4 Å². The summed E-state index contributed by atoms with van der Waals surface area (Å²) in [5.74, 6) is 0. The molecule has 112 valence electrons. The van der Waals surface area contributed by atoms with Crippen molar-refractivity contribution in [3.05, 3.63) is 49.7 Å². The number of hydrogen-bond acceptors (Lipinski definition) is 2. The summed E-state index contributed by atoms with van der Waals surface area (Å²) >= 11 is 17.8.